The molecule has 3 aliphatic rings. The number of carbonyl (C=O) groups excluding carboxylic acids is 2. The molecule has 7 heteroatoms. The van der Waals surface area contributed by atoms with Gasteiger partial charge in [-0.3, -0.25) is 9.59 Å². The first kappa shape index (κ1) is 18.3. The van der Waals surface area contributed by atoms with Crippen molar-refractivity contribution in [3.05, 3.63) is 47.6 Å². The average molecular weight is 394 g/mol. The molecule has 2 amide bonds. The van der Waals surface area contributed by atoms with Gasteiger partial charge in [-0.2, -0.15) is 4.98 Å². The van der Waals surface area contributed by atoms with E-state index in [9.17, 15) is 9.59 Å². The lowest BCUT2D eigenvalue weighted by Crippen LogP contribution is -2.45. The molecule has 0 unspecified atom stereocenters. The molecule has 3 atom stereocenters. The van der Waals surface area contributed by atoms with Gasteiger partial charge in [0.15, 0.2) is 5.82 Å². The Morgan fingerprint density at radius 3 is 2.86 bits per heavy atom. The molecule has 152 valence electrons. The molecule has 5 rings (SSSR count). The summed E-state index contributed by atoms with van der Waals surface area (Å²) in [6.07, 6.45) is 4.87. The summed E-state index contributed by atoms with van der Waals surface area (Å²) in [5, 5.41) is 4.24. The van der Waals surface area contributed by atoms with E-state index in [0.29, 0.717) is 50.0 Å². The van der Waals surface area contributed by atoms with Gasteiger partial charge in [0.2, 0.25) is 17.7 Å². The maximum Gasteiger partial charge on any atom is 0.245 e. The summed E-state index contributed by atoms with van der Waals surface area (Å²) in [6.45, 7) is 1.33. The Hall–Kier alpha value is -2.70. The van der Waals surface area contributed by atoms with Crippen molar-refractivity contribution >= 4 is 11.8 Å². The normalized spacial score (nSPS) is 28.9. The number of benzene rings is 1. The Morgan fingerprint density at radius 2 is 2.10 bits per heavy atom. The van der Waals surface area contributed by atoms with Gasteiger partial charge in [0.05, 0.1) is 5.41 Å². The van der Waals surface area contributed by atoms with Crippen molar-refractivity contribution in [2.75, 3.05) is 20.1 Å². The van der Waals surface area contributed by atoms with Crippen molar-refractivity contribution in [1.82, 2.24) is 19.9 Å². The van der Waals surface area contributed by atoms with Crippen LogP contribution in [0.1, 0.15) is 49.4 Å². The van der Waals surface area contributed by atoms with E-state index in [4.69, 9.17) is 9.51 Å². The number of rotatable bonds is 4. The number of likely N-dealkylation sites (N-methyl/N-ethyl adjacent to an activating group) is 1. The number of fused-ring (bicyclic) bond motifs is 1. The summed E-state index contributed by atoms with van der Waals surface area (Å²) in [4.78, 5) is 33.3. The van der Waals surface area contributed by atoms with Crippen molar-refractivity contribution in [3.8, 4) is 0 Å². The van der Waals surface area contributed by atoms with Gasteiger partial charge < -0.3 is 14.3 Å². The van der Waals surface area contributed by atoms with Gasteiger partial charge >= 0.3 is 0 Å². The number of nitrogens with zero attached hydrogens (tertiary/aromatic N) is 4. The van der Waals surface area contributed by atoms with Crippen LogP contribution < -0.4 is 0 Å². The molecular formula is C22H26N4O3. The first-order valence-corrected chi connectivity index (χ1v) is 10.5. The van der Waals surface area contributed by atoms with Crippen molar-refractivity contribution < 1.29 is 14.1 Å². The molecule has 1 saturated carbocycles. The van der Waals surface area contributed by atoms with Crippen LogP contribution in [0.15, 0.2) is 34.9 Å². The predicted molar refractivity (Wildman–Crippen MR) is 105 cm³/mol. The van der Waals surface area contributed by atoms with Crippen LogP contribution in [0.4, 0.5) is 0 Å². The molecule has 1 aromatic carbocycles. The molecule has 29 heavy (non-hydrogen) atoms. The van der Waals surface area contributed by atoms with Crippen molar-refractivity contribution in [2.45, 2.75) is 50.0 Å². The smallest absolute Gasteiger partial charge is 0.245 e. The lowest BCUT2D eigenvalue weighted by atomic mass is 9.80. The topological polar surface area (TPSA) is 79.5 Å². The van der Waals surface area contributed by atoms with Gasteiger partial charge in [-0.15, -0.1) is 0 Å². The van der Waals surface area contributed by atoms with Crippen molar-refractivity contribution in [1.29, 1.82) is 0 Å². The third-order valence-electron chi connectivity index (χ3n) is 7.06. The van der Waals surface area contributed by atoms with Crippen LogP contribution in [-0.4, -0.2) is 57.9 Å². The number of amides is 2. The number of aromatic nitrogens is 2. The quantitative estimate of drug-likeness (QED) is 0.794. The van der Waals surface area contributed by atoms with Gasteiger partial charge in [0, 0.05) is 33.0 Å². The highest BCUT2D eigenvalue weighted by Crippen LogP contribution is 2.50. The van der Waals surface area contributed by atoms with E-state index in [1.807, 2.05) is 23.1 Å². The fourth-order valence-corrected chi connectivity index (χ4v) is 5.42. The fraction of sp³-hybridized carbons (Fsp3) is 0.545. The lowest BCUT2D eigenvalue weighted by molar-refractivity contribution is -0.139. The fourth-order valence-electron chi connectivity index (χ4n) is 5.42. The minimum atomic E-state index is -0.324. The monoisotopic (exact) mass is 394 g/mol. The van der Waals surface area contributed by atoms with E-state index in [2.05, 4.69) is 17.3 Å². The number of hydrogen-bond donors (Lipinski definition) is 0. The Bertz CT molecular complexity index is 927. The number of likely N-dealkylation sites (tertiary alicyclic amines) is 2. The molecule has 0 N–H and O–H groups in total. The van der Waals surface area contributed by atoms with Crippen LogP contribution >= 0.6 is 0 Å². The first-order valence-electron chi connectivity index (χ1n) is 10.5. The number of hydrogen-bond acceptors (Lipinski definition) is 5. The lowest BCUT2D eigenvalue weighted by Gasteiger charge is -2.27. The molecule has 0 radical (unpaired) electrons. The Labute approximate surface area is 170 Å². The minimum absolute atomic E-state index is 0.0555. The largest absolute Gasteiger partial charge is 0.340 e. The predicted octanol–water partition coefficient (Wildman–Crippen LogP) is 2.16. The van der Waals surface area contributed by atoms with E-state index in [0.717, 1.165) is 24.8 Å². The van der Waals surface area contributed by atoms with Crippen LogP contribution in [0.5, 0.6) is 0 Å². The average Bonchev–Trinajstić information content (AvgIpc) is 3.47. The Balaban J connectivity index is 1.35. The van der Waals surface area contributed by atoms with Crippen molar-refractivity contribution in [3.63, 3.8) is 0 Å². The summed E-state index contributed by atoms with van der Waals surface area (Å²) in [6, 6.07) is 9.80. The third kappa shape index (κ3) is 3.03. The van der Waals surface area contributed by atoms with Crippen molar-refractivity contribution in [2.24, 2.45) is 5.92 Å². The molecule has 3 heterocycles. The minimum Gasteiger partial charge on any atom is -0.340 e. The van der Waals surface area contributed by atoms with Gasteiger partial charge in [-0.05, 0) is 30.7 Å². The van der Waals surface area contributed by atoms with E-state index >= 15 is 0 Å². The Kier molecular flexibility index (Phi) is 4.41. The van der Waals surface area contributed by atoms with E-state index < -0.39 is 0 Å². The highest BCUT2D eigenvalue weighted by atomic mass is 16.5. The molecular weight excluding hydrogens is 368 g/mol. The first-order chi connectivity index (χ1) is 14.1. The molecule has 0 bridgehead atoms. The van der Waals surface area contributed by atoms with Crippen LogP contribution in [0.25, 0.3) is 0 Å². The standard InChI is InChI=1S/C22H26N4O3/c1-25-17(9-10-19(25)27)20(28)26-13-16-8-5-11-22(16,14-26)21-23-18(24-29-21)12-15-6-3-2-4-7-15/h2-4,6-7,16-17H,5,8-14H2,1H3/t16-,17-,22-/m1/s1. The van der Waals surface area contributed by atoms with Crippen LogP contribution in [0.2, 0.25) is 0 Å². The second kappa shape index (κ2) is 6.97. The molecule has 1 aromatic heterocycles. The summed E-state index contributed by atoms with van der Waals surface area (Å²) in [5.41, 5.74) is 0.913. The summed E-state index contributed by atoms with van der Waals surface area (Å²) in [7, 11) is 1.73. The van der Waals surface area contributed by atoms with Crippen LogP contribution in [0.3, 0.4) is 0 Å². The maximum absolute atomic E-state index is 13.1. The zero-order valence-corrected chi connectivity index (χ0v) is 16.7. The van der Waals surface area contributed by atoms with Crippen LogP contribution in [-0.2, 0) is 21.4 Å². The second-order valence-electron chi connectivity index (χ2n) is 8.70. The highest BCUT2D eigenvalue weighted by Gasteiger charge is 2.56. The Morgan fingerprint density at radius 1 is 1.28 bits per heavy atom. The highest BCUT2D eigenvalue weighted by molar-refractivity contribution is 5.91. The number of carbonyl (C=O) groups is 2. The summed E-state index contributed by atoms with van der Waals surface area (Å²) in [5.74, 6) is 1.84. The zero-order valence-electron chi connectivity index (χ0n) is 16.7. The van der Waals surface area contributed by atoms with E-state index in [-0.39, 0.29) is 23.3 Å². The SMILES string of the molecule is CN1C(=O)CC[C@@H]1C(=O)N1C[C@H]2CCC[C@@]2(c2nc(Cc3ccccc3)no2)C1. The summed E-state index contributed by atoms with van der Waals surface area (Å²) >= 11 is 0. The van der Waals surface area contributed by atoms with Crippen LogP contribution in [0, 0.1) is 5.92 Å². The molecule has 0 spiro atoms. The zero-order chi connectivity index (χ0) is 20.0. The van der Waals surface area contributed by atoms with Gasteiger partial charge in [0.25, 0.3) is 0 Å². The van der Waals surface area contributed by atoms with Gasteiger partial charge in [-0.1, -0.05) is 41.9 Å². The molecule has 3 fully saturated rings. The van der Waals surface area contributed by atoms with E-state index in [1.54, 1.807) is 11.9 Å². The maximum atomic E-state index is 13.1. The third-order valence-corrected chi connectivity index (χ3v) is 7.06. The van der Waals surface area contributed by atoms with E-state index in [1.165, 1.54) is 0 Å². The molecule has 2 aromatic rings. The van der Waals surface area contributed by atoms with Gasteiger partial charge in [-0.25, -0.2) is 0 Å². The molecule has 1 aliphatic carbocycles. The molecule has 2 aliphatic heterocycles. The summed E-state index contributed by atoms with van der Waals surface area (Å²) < 4.78 is 5.75. The second-order valence-corrected chi connectivity index (χ2v) is 8.70. The molecule has 2 saturated heterocycles. The van der Waals surface area contributed by atoms with Gasteiger partial charge in [0.1, 0.15) is 6.04 Å². The molecule has 7 nitrogen and oxygen atoms in total.